The topological polar surface area (TPSA) is 82.1 Å². The van der Waals surface area contributed by atoms with Gasteiger partial charge in [-0.05, 0) is 31.6 Å². The summed E-state index contributed by atoms with van der Waals surface area (Å²) in [7, 11) is 0. The average Bonchev–Trinajstić information content (AvgIpc) is 3.02. The van der Waals surface area contributed by atoms with Gasteiger partial charge in [-0.15, -0.1) is 0 Å². The van der Waals surface area contributed by atoms with Gasteiger partial charge < -0.3 is 20.1 Å². The first kappa shape index (κ1) is 16.9. The standard InChI is InChI=1S/C18H29N3O4/c1-11(2)15-18(25-16(22)19-15)5-7-20(8-6-18)14-9-12-3-4-13(10-14)21(12)17(23)24/h11-15H,3-10H2,1-2H3,(H,19,22)(H,23,24). The van der Waals surface area contributed by atoms with Crippen molar-refractivity contribution in [2.24, 2.45) is 5.92 Å². The third kappa shape index (κ3) is 2.76. The third-order valence-corrected chi connectivity index (χ3v) is 6.89. The van der Waals surface area contributed by atoms with Gasteiger partial charge in [0.15, 0.2) is 0 Å². The van der Waals surface area contributed by atoms with E-state index in [4.69, 9.17) is 4.74 Å². The smallest absolute Gasteiger partial charge is 0.408 e. The fraction of sp³-hybridized carbons (Fsp3) is 0.889. The van der Waals surface area contributed by atoms with Crippen molar-refractivity contribution in [3.63, 3.8) is 0 Å². The Labute approximate surface area is 148 Å². The molecule has 7 nitrogen and oxygen atoms in total. The predicted octanol–water partition coefficient (Wildman–Crippen LogP) is 2.26. The molecule has 0 aromatic rings. The van der Waals surface area contributed by atoms with Crippen LogP contribution in [0.5, 0.6) is 0 Å². The summed E-state index contributed by atoms with van der Waals surface area (Å²) in [6.45, 7) is 6.12. The Kier molecular flexibility index (Phi) is 4.09. The van der Waals surface area contributed by atoms with Crippen molar-refractivity contribution >= 4 is 12.2 Å². The molecule has 4 aliphatic heterocycles. The van der Waals surface area contributed by atoms with Crippen LogP contribution in [0.15, 0.2) is 0 Å². The number of piperidine rings is 2. The van der Waals surface area contributed by atoms with Crippen LogP contribution in [-0.4, -0.2) is 70.0 Å². The molecular formula is C18H29N3O4. The summed E-state index contributed by atoms with van der Waals surface area (Å²) in [5.74, 6) is 0.354. The molecule has 4 saturated heterocycles. The molecule has 7 heteroatoms. The molecule has 25 heavy (non-hydrogen) atoms. The van der Waals surface area contributed by atoms with E-state index >= 15 is 0 Å². The zero-order valence-electron chi connectivity index (χ0n) is 15.1. The predicted molar refractivity (Wildman–Crippen MR) is 91.5 cm³/mol. The minimum atomic E-state index is -0.757. The molecule has 0 aromatic carbocycles. The molecule has 3 unspecified atom stereocenters. The van der Waals surface area contributed by atoms with E-state index in [0.717, 1.165) is 51.6 Å². The van der Waals surface area contributed by atoms with Crippen molar-refractivity contribution in [2.75, 3.05) is 13.1 Å². The maximum absolute atomic E-state index is 11.8. The van der Waals surface area contributed by atoms with Crippen molar-refractivity contribution in [3.05, 3.63) is 0 Å². The largest absolute Gasteiger partial charge is 0.465 e. The van der Waals surface area contributed by atoms with E-state index in [9.17, 15) is 14.7 Å². The minimum absolute atomic E-state index is 0.0900. The number of hydrogen-bond acceptors (Lipinski definition) is 4. The first-order valence-corrected chi connectivity index (χ1v) is 9.64. The van der Waals surface area contributed by atoms with E-state index in [1.165, 1.54) is 0 Å². The van der Waals surface area contributed by atoms with E-state index < -0.39 is 6.09 Å². The molecule has 0 radical (unpaired) electrons. The Morgan fingerprint density at radius 3 is 2.32 bits per heavy atom. The maximum atomic E-state index is 11.8. The Morgan fingerprint density at radius 1 is 1.20 bits per heavy atom. The summed E-state index contributed by atoms with van der Waals surface area (Å²) >= 11 is 0. The third-order valence-electron chi connectivity index (χ3n) is 6.89. The van der Waals surface area contributed by atoms with Crippen molar-refractivity contribution in [1.29, 1.82) is 0 Å². The molecule has 4 heterocycles. The number of carbonyl (C=O) groups is 2. The number of rotatable bonds is 2. The summed E-state index contributed by atoms with van der Waals surface area (Å²) in [6, 6.07) is 0.929. The number of alkyl carbamates (subject to hydrolysis) is 1. The van der Waals surface area contributed by atoms with E-state index in [2.05, 4.69) is 24.1 Å². The van der Waals surface area contributed by atoms with Crippen LogP contribution in [0.25, 0.3) is 0 Å². The number of hydrogen-bond donors (Lipinski definition) is 2. The quantitative estimate of drug-likeness (QED) is 0.797. The fourth-order valence-electron chi connectivity index (χ4n) is 5.75. The van der Waals surface area contributed by atoms with Gasteiger partial charge in [-0.25, -0.2) is 9.59 Å². The van der Waals surface area contributed by atoms with Crippen LogP contribution < -0.4 is 5.32 Å². The summed E-state index contributed by atoms with van der Waals surface area (Å²) in [5.41, 5.74) is -0.359. The number of nitrogens with one attached hydrogen (secondary N) is 1. The molecule has 2 amide bonds. The maximum Gasteiger partial charge on any atom is 0.408 e. The average molecular weight is 351 g/mol. The Hall–Kier alpha value is -1.50. The van der Waals surface area contributed by atoms with Crippen LogP contribution in [0.3, 0.4) is 0 Å². The molecule has 3 atom stereocenters. The second-order valence-corrected chi connectivity index (χ2v) is 8.56. The van der Waals surface area contributed by atoms with Crippen molar-refractivity contribution in [3.8, 4) is 0 Å². The highest BCUT2D eigenvalue weighted by molar-refractivity contribution is 5.71. The minimum Gasteiger partial charge on any atom is -0.465 e. The van der Waals surface area contributed by atoms with Gasteiger partial charge in [0.25, 0.3) is 0 Å². The lowest BCUT2D eigenvalue weighted by Crippen LogP contribution is -2.58. The van der Waals surface area contributed by atoms with E-state index in [1.807, 2.05) is 0 Å². The summed E-state index contributed by atoms with van der Waals surface area (Å²) in [4.78, 5) is 27.5. The van der Waals surface area contributed by atoms with Crippen LogP contribution in [0.1, 0.15) is 52.4 Å². The van der Waals surface area contributed by atoms with Crippen molar-refractivity contribution in [2.45, 2.75) is 82.1 Å². The zero-order chi connectivity index (χ0) is 17.8. The molecule has 4 aliphatic rings. The molecule has 140 valence electrons. The Balaban J connectivity index is 1.40. The second-order valence-electron chi connectivity index (χ2n) is 8.56. The van der Waals surface area contributed by atoms with Crippen molar-refractivity contribution < 1.29 is 19.4 Å². The van der Waals surface area contributed by atoms with Gasteiger partial charge in [0, 0.05) is 44.1 Å². The lowest BCUT2D eigenvalue weighted by Gasteiger charge is -2.47. The van der Waals surface area contributed by atoms with Crippen LogP contribution in [0, 0.1) is 5.92 Å². The van der Waals surface area contributed by atoms with Crippen LogP contribution >= 0.6 is 0 Å². The summed E-state index contributed by atoms with van der Waals surface area (Å²) in [6.07, 6.45) is 4.59. The molecule has 4 rings (SSSR count). The van der Waals surface area contributed by atoms with Gasteiger partial charge in [-0.2, -0.15) is 0 Å². The van der Waals surface area contributed by atoms with Gasteiger partial charge >= 0.3 is 12.2 Å². The Morgan fingerprint density at radius 2 is 1.80 bits per heavy atom. The number of fused-ring (bicyclic) bond motifs is 2. The summed E-state index contributed by atoms with van der Waals surface area (Å²) < 4.78 is 5.74. The Bertz CT molecular complexity index is 545. The molecular weight excluding hydrogens is 322 g/mol. The zero-order valence-corrected chi connectivity index (χ0v) is 15.1. The van der Waals surface area contributed by atoms with Crippen molar-refractivity contribution in [1.82, 2.24) is 15.1 Å². The molecule has 4 fully saturated rings. The van der Waals surface area contributed by atoms with Gasteiger partial charge in [0.05, 0.1) is 6.04 Å². The van der Waals surface area contributed by atoms with Crippen LogP contribution in [-0.2, 0) is 4.74 Å². The number of carboxylic acid groups (broad SMARTS) is 1. The molecule has 0 aliphatic carbocycles. The van der Waals surface area contributed by atoms with E-state index in [0.29, 0.717) is 12.0 Å². The lowest BCUT2D eigenvalue weighted by molar-refractivity contribution is -0.0446. The number of nitrogens with zero attached hydrogens (tertiary/aromatic N) is 2. The molecule has 1 spiro atoms. The highest BCUT2D eigenvalue weighted by Crippen LogP contribution is 2.41. The van der Waals surface area contributed by atoms with Gasteiger partial charge in [0.2, 0.25) is 0 Å². The number of likely N-dealkylation sites (tertiary alicyclic amines) is 1. The van der Waals surface area contributed by atoms with Crippen LogP contribution in [0.2, 0.25) is 0 Å². The van der Waals surface area contributed by atoms with Crippen LogP contribution in [0.4, 0.5) is 9.59 Å². The highest BCUT2D eigenvalue weighted by Gasteiger charge is 2.53. The molecule has 2 bridgehead atoms. The molecule has 0 saturated carbocycles. The first-order valence-electron chi connectivity index (χ1n) is 9.64. The molecule has 0 aromatic heterocycles. The SMILES string of the molecule is CC(C)C1NC(=O)OC12CCN(C1CC3CCC(C1)N3C(=O)O)CC2. The highest BCUT2D eigenvalue weighted by atomic mass is 16.6. The van der Waals surface area contributed by atoms with E-state index in [1.54, 1.807) is 4.90 Å². The number of carbonyl (C=O) groups excluding carboxylic acids is 1. The first-order chi connectivity index (χ1) is 11.9. The van der Waals surface area contributed by atoms with Gasteiger partial charge in [-0.1, -0.05) is 13.8 Å². The van der Waals surface area contributed by atoms with Gasteiger partial charge in [0.1, 0.15) is 5.60 Å². The fourth-order valence-corrected chi connectivity index (χ4v) is 5.75. The lowest BCUT2D eigenvalue weighted by atomic mass is 9.79. The number of ether oxygens (including phenoxy) is 1. The van der Waals surface area contributed by atoms with E-state index in [-0.39, 0.29) is 29.8 Å². The number of amides is 2. The summed E-state index contributed by atoms with van der Waals surface area (Å²) in [5, 5.41) is 12.4. The second kappa shape index (κ2) is 6.04. The monoisotopic (exact) mass is 351 g/mol. The molecule has 2 N–H and O–H groups in total. The normalized spacial score (nSPS) is 37.4. The van der Waals surface area contributed by atoms with Gasteiger partial charge in [-0.3, -0.25) is 4.90 Å².